The highest BCUT2D eigenvalue weighted by atomic mass is 19.4. The fraction of sp³-hybridized carbons (Fsp3) is 0.462. The molecule has 220 valence electrons. The summed E-state index contributed by atoms with van der Waals surface area (Å²) in [7, 11) is 0. The summed E-state index contributed by atoms with van der Waals surface area (Å²) in [5, 5.41) is 2.56. The van der Waals surface area contributed by atoms with Crippen LogP contribution in [0.15, 0.2) is 41.3 Å². The Bertz CT molecular complexity index is 1480. The maximum Gasteiger partial charge on any atom is 0.406 e. The van der Waals surface area contributed by atoms with Crippen molar-refractivity contribution in [2.24, 2.45) is 0 Å². The Balaban J connectivity index is 1.28. The topological polar surface area (TPSA) is 107 Å². The zero-order valence-corrected chi connectivity index (χ0v) is 21.8. The van der Waals surface area contributed by atoms with Crippen LogP contribution in [-0.2, 0) is 11.3 Å². The Morgan fingerprint density at radius 1 is 1.05 bits per heavy atom. The number of nitrogens with zero attached hydrogens (tertiary/aromatic N) is 5. The van der Waals surface area contributed by atoms with Gasteiger partial charge in [0.2, 0.25) is 5.91 Å². The molecule has 2 N–H and O–H groups in total. The minimum Gasteiger partial charge on any atom is -0.330 e. The van der Waals surface area contributed by atoms with Crippen molar-refractivity contribution in [2.75, 3.05) is 39.3 Å². The fourth-order valence-corrected chi connectivity index (χ4v) is 5.44. The molecule has 0 bridgehead atoms. The lowest BCUT2D eigenvalue weighted by Crippen LogP contribution is -2.56. The maximum atomic E-state index is 14.3. The van der Waals surface area contributed by atoms with Crippen molar-refractivity contribution < 1.29 is 31.5 Å². The van der Waals surface area contributed by atoms with Crippen molar-refractivity contribution in [1.29, 1.82) is 0 Å². The molecule has 0 unspecified atom stereocenters. The minimum atomic E-state index is -4.66. The molecule has 15 heteroatoms. The third-order valence-electron chi connectivity index (χ3n) is 7.44. The molecule has 1 atom stereocenters. The molecule has 41 heavy (non-hydrogen) atoms. The van der Waals surface area contributed by atoms with E-state index in [4.69, 9.17) is 0 Å². The summed E-state index contributed by atoms with van der Waals surface area (Å²) in [6.45, 7) is -1.72. The quantitative estimate of drug-likeness (QED) is 0.451. The van der Waals surface area contributed by atoms with Crippen LogP contribution in [0.2, 0.25) is 0 Å². The number of nitrogens with one attached hydrogen (secondary N) is 2. The summed E-state index contributed by atoms with van der Waals surface area (Å²) < 4.78 is 69.3. The largest absolute Gasteiger partial charge is 0.406 e. The number of amides is 3. The summed E-state index contributed by atoms with van der Waals surface area (Å²) in [6.07, 6.45) is -2.24. The molecule has 4 heterocycles. The average molecular weight is 582 g/mol. The molecule has 0 saturated carbocycles. The molecule has 0 radical (unpaired) electrons. The van der Waals surface area contributed by atoms with E-state index < -0.39 is 42.3 Å². The van der Waals surface area contributed by atoms with Crippen molar-refractivity contribution >= 4 is 23.1 Å². The first-order valence-electron chi connectivity index (χ1n) is 13.1. The average Bonchev–Trinajstić information content (AvgIpc) is 3.20. The van der Waals surface area contributed by atoms with Crippen molar-refractivity contribution in [2.45, 2.75) is 37.6 Å². The van der Waals surface area contributed by atoms with Gasteiger partial charge < -0.3 is 15.1 Å². The van der Waals surface area contributed by atoms with Gasteiger partial charge >= 0.3 is 17.9 Å². The third-order valence-corrected chi connectivity index (χ3v) is 7.44. The molecule has 3 amide bonds. The molecular formula is C26H28F5N7O3. The van der Waals surface area contributed by atoms with Crippen molar-refractivity contribution in [3.8, 4) is 0 Å². The number of alkyl halides is 3. The Labute approximate surface area is 230 Å². The molecule has 5 rings (SSSR count). The van der Waals surface area contributed by atoms with Gasteiger partial charge in [-0.3, -0.25) is 19.2 Å². The number of likely N-dealkylation sites (tertiary alicyclic amines) is 1. The predicted molar refractivity (Wildman–Crippen MR) is 137 cm³/mol. The number of fused-ring (bicyclic) bond motifs is 1. The van der Waals surface area contributed by atoms with Crippen LogP contribution in [0.4, 0.5) is 26.7 Å². The zero-order valence-electron chi connectivity index (χ0n) is 21.8. The number of aromatic nitrogens is 3. The van der Waals surface area contributed by atoms with E-state index in [0.29, 0.717) is 28.9 Å². The van der Waals surface area contributed by atoms with Gasteiger partial charge in [0, 0.05) is 57.1 Å². The number of halogens is 5. The molecule has 1 aromatic carbocycles. The molecule has 10 nitrogen and oxygen atoms in total. The van der Waals surface area contributed by atoms with Crippen molar-refractivity contribution in [1.82, 2.24) is 34.6 Å². The Hall–Kier alpha value is -4.01. The first-order chi connectivity index (χ1) is 19.5. The van der Waals surface area contributed by atoms with Gasteiger partial charge in [0.05, 0.1) is 5.52 Å². The molecule has 3 aromatic rings. The second kappa shape index (κ2) is 11.5. The van der Waals surface area contributed by atoms with E-state index in [-0.39, 0.29) is 56.6 Å². The number of hydrogen-bond acceptors (Lipinski definition) is 5. The first-order valence-corrected chi connectivity index (χ1v) is 13.1. The van der Waals surface area contributed by atoms with E-state index in [2.05, 4.69) is 15.3 Å². The zero-order chi connectivity index (χ0) is 29.3. The van der Waals surface area contributed by atoms with E-state index >= 15 is 0 Å². The maximum absolute atomic E-state index is 14.3. The summed E-state index contributed by atoms with van der Waals surface area (Å²) in [6, 6.07) is 4.92. The highest BCUT2D eigenvalue weighted by molar-refractivity contribution is 5.87. The number of hydrogen-bond donors (Lipinski definition) is 2. The molecule has 2 aliphatic rings. The number of urea groups is 1. The number of aromatic amines is 1. The summed E-state index contributed by atoms with van der Waals surface area (Å²) in [5.41, 5.74) is 0.765. The molecule has 2 aromatic heterocycles. The number of imidazole rings is 1. The molecule has 2 fully saturated rings. The van der Waals surface area contributed by atoms with Crippen LogP contribution in [0.1, 0.15) is 24.4 Å². The lowest BCUT2D eigenvalue weighted by molar-refractivity contribution is -0.161. The number of carbonyl (C=O) groups is 2. The number of piperidine rings is 1. The monoisotopic (exact) mass is 581 g/mol. The van der Waals surface area contributed by atoms with Crippen LogP contribution in [-0.4, -0.2) is 92.7 Å². The third kappa shape index (κ3) is 6.34. The van der Waals surface area contributed by atoms with E-state index in [1.807, 2.05) is 0 Å². The van der Waals surface area contributed by atoms with Gasteiger partial charge in [0.1, 0.15) is 12.6 Å². The van der Waals surface area contributed by atoms with Gasteiger partial charge in [-0.2, -0.15) is 13.2 Å². The van der Waals surface area contributed by atoms with Crippen LogP contribution in [0.5, 0.6) is 0 Å². The highest BCUT2D eigenvalue weighted by Crippen LogP contribution is 2.25. The van der Waals surface area contributed by atoms with Crippen LogP contribution in [0.3, 0.4) is 0 Å². The fourth-order valence-electron chi connectivity index (χ4n) is 5.44. The van der Waals surface area contributed by atoms with Gasteiger partial charge in [0.25, 0.3) is 0 Å². The second-order valence-electron chi connectivity index (χ2n) is 10.2. The van der Waals surface area contributed by atoms with Gasteiger partial charge in [0.15, 0.2) is 17.3 Å². The predicted octanol–water partition coefficient (Wildman–Crippen LogP) is 2.62. The number of rotatable bonds is 5. The van der Waals surface area contributed by atoms with Crippen LogP contribution >= 0.6 is 0 Å². The standard InChI is InChI=1S/C26H28F5N7O3/c27-18-4-1-3-16(21(18)28)13-35-11-12-37(15-26(29,30)31)23(39)19(14-35)33-24(40)36-9-6-17(7-10-36)38-20-5-2-8-32-22(20)34-25(38)41/h1-5,8,17,19H,6-7,9-15H2,(H,33,40)(H,32,34,41)/t19-/m1/s1. The van der Waals surface area contributed by atoms with Gasteiger partial charge in [-0.25, -0.2) is 23.4 Å². The summed E-state index contributed by atoms with van der Waals surface area (Å²) in [4.78, 5) is 49.2. The van der Waals surface area contributed by atoms with Gasteiger partial charge in [-0.15, -0.1) is 0 Å². The molecular weight excluding hydrogens is 553 g/mol. The molecule has 2 saturated heterocycles. The number of carbonyl (C=O) groups excluding carboxylic acids is 2. The summed E-state index contributed by atoms with van der Waals surface area (Å²) in [5.74, 6) is -3.05. The van der Waals surface area contributed by atoms with E-state index in [1.54, 1.807) is 22.9 Å². The lowest BCUT2D eigenvalue weighted by Gasteiger charge is -2.34. The van der Waals surface area contributed by atoms with E-state index in [1.165, 1.54) is 21.9 Å². The van der Waals surface area contributed by atoms with E-state index in [0.717, 1.165) is 6.07 Å². The lowest BCUT2D eigenvalue weighted by atomic mass is 10.0. The number of H-pyrrole nitrogens is 1. The Kier molecular flexibility index (Phi) is 7.98. The SMILES string of the molecule is O=C(N[C@@H]1CN(Cc2cccc(F)c2F)CCN(CC(F)(F)F)C1=O)N1CCC(n2c(=O)[nH]c3ncccc32)CC1. The number of benzene rings is 1. The number of pyridine rings is 1. The summed E-state index contributed by atoms with van der Waals surface area (Å²) >= 11 is 0. The van der Waals surface area contributed by atoms with Crippen molar-refractivity contribution in [3.05, 3.63) is 64.2 Å². The molecule has 0 spiro atoms. The second-order valence-corrected chi connectivity index (χ2v) is 10.2. The minimum absolute atomic E-state index is 0.0170. The van der Waals surface area contributed by atoms with Crippen molar-refractivity contribution in [3.63, 3.8) is 0 Å². The van der Waals surface area contributed by atoms with E-state index in [9.17, 15) is 36.3 Å². The Morgan fingerprint density at radius 3 is 2.54 bits per heavy atom. The first kappa shape index (κ1) is 28.5. The van der Waals surface area contributed by atoms with Crippen LogP contribution in [0, 0.1) is 11.6 Å². The smallest absolute Gasteiger partial charge is 0.330 e. The molecule has 0 aliphatic carbocycles. The highest BCUT2D eigenvalue weighted by Gasteiger charge is 2.39. The molecule has 2 aliphatic heterocycles. The van der Waals surface area contributed by atoms with Gasteiger partial charge in [-0.05, 0) is 31.0 Å². The van der Waals surface area contributed by atoms with Gasteiger partial charge in [-0.1, -0.05) is 12.1 Å². The van der Waals surface area contributed by atoms with Crippen LogP contribution in [0.25, 0.3) is 11.2 Å². The normalized spacial score (nSPS) is 19.5. The Morgan fingerprint density at radius 2 is 1.80 bits per heavy atom. The van der Waals surface area contributed by atoms with Crippen LogP contribution < -0.4 is 11.0 Å².